The average Bonchev–Trinajstić information content (AvgIpc) is 3.02. The van der Waals surface area contributed by atoms with Gasteiger partial charge in [-0.15, -0.1) is 47.2 Å². The van der Waals surface area contributed by atoms with Gasteiger partial charge in [-0.2, -0.15) is 0 Å². The van der Waals surface area contributed by atoms with Crippen LogP contribution >= 0.6 is 70.4 Å². The maximum Gasteiger partial charge on any atom is 0.347 e. The van der Waals surface area contributed by atoms with Crippen LogP contribution in [-0.4, -0.2) is 71.4 Å². The fraction of sp³-hybridized carbons (Fsp3) is 0.417. The first-order chi connectivity index (χ1) is 17.5. The van der Waals surface area contributed by atoms with E-state index in [4.69, 9.17) is 72.2 Å². The van der Waals surface area contributed by atoms with Crippen molar-refractivity contribution in [2.24, 2.45) is 0 Å². The Hall–Kier alpha value is -1.52. The minimum Gasteiger partial charge on any atom is -0.507 e. The number of ether oxygens (including phenoxy) is 3. The maximum absolute atomic E-state index is 12.7. The van der Waals surface area contributed by atoms with Crippen molar-refractivity contribution in [2.45, 2.75) is 20.8 Å². The molecule has 1 heterocycles. The topological polar surface area (TPSA) is 106 Å². The van der Waals surface area contributed by atoms with Crippen molar-refractivity contribution in [1.29, 1.82) is 0 Å². The fourth-order valence-corrected chi connectivity index (χ4v) is 4.76. The zero-order valence-electron chi connectivity index (χ0n) is 20.9. The molecule has 0 saturated carbocycles. The monoisotopic (exact) mass is 651 g/mol. The van der Waals surface area contributed by atoms with E-state index in [0.29, 0.717) is 17.6 Å². The molecule has 1 aliphatic heterocycles. The van der Waals surface area contributed by atoms with Crippen molar-refractivity contribution in [3.63, 3.8) is 0 Å². The quantitative estimate of drug-likeness (QED) is 0.190. The molecule has 0 saturated heterocycles. The summed E-state index contributed by atoms with van der Waals surface area (Å²) in [4.78, 5) is 26.9. The van der Waals surface area contributed by atoms with E-state index in [9.17, 15) is 19.8 Å². The Kier molecular flexibility index (Phi) is 13.9. The van der Waals surface area contributed by atoms with Crippen LogP contribution in [0.4, 0.5) is 0 Å². The maximum atomic E-state index is 12.7. The van der Waals surface area contributed by atoms with E-state index in [1.807, 2.05) is 0 Å². The molecule has 2 N–H and O–H groups in total. The minimum absolute atomic E-state index is 0. The second kappa shape index (κ2) is 15.3. The molecule has 0 amide bonds. The highest BCUT2D eigenvalue weighted by molar-refractivity contribution is 6.39. The van der Waals surface area contributed by atoms with Crippen molar-refractivity contribution in [3.8, 4) is 28.7 Å². The molecule has 2 aromatic rings. The standard InChI is InChI=1S/C18H14Cl2O7.C6H12Cl3N.ClH/c1-5-9-16(11(20)13(22)10(5)19)26-14-6(2)8(17(23)25-4)12(21)7(3)15(14)27-18(9)24;7-1-4-10(5-2-8)6-3-9;/h21-22H,1-4H3;1-6H2;1H. The van der Waals surface area contributed by atoms with E-state index in [1.54, 1.807) is 0 Å². The van der Waals surface area contributed by atoms with Crippen molar-refractivity contribution in [1.82, 2.24) is 4.90 Å². The molecule has 1 aliphatic rings. The lowest BCUT2D eigenvalue weighted by Crippen LogP contribution is -2.29. The fourth-order valence-electron chi connectivity index (χ4n) is 3.58. The molecule has 2 aromatic carbocycles. The number of phenolic OH excluding ortho intramolecular Hbond substituents is 2. The van der Waals surface area contributed by atoms with Gasteiger partial charge in [-0.1, -0.05) is 23.2 Å². The van der Waals surface area contributed by atoms with Gasteiger partial charge >= 0.3 is 11.9 Å². The number of esters is 2. The van der Waals surface area contributed by atoms with Crippen LogP contribution in [-0.2, 0) is 4.74 Å². The second-order valence-corrected chi connectivity index (χ2v) is 9.72. The molecule has 0 unspecified atom stereocenters. The Labute approximate surface area is 252 Å². The first-order valence-electron chi connectivity index (χ1n) is 10.9. The molecule has 0 spiro atoms. The molecule has 0 aromatic heterocycles. The van der Waals surface area contributed by atoms with Crippen molar-refractivity contribution < 1.29 is 34.0 Å². The highest BCUT2D eigenvalue weighted by Gasteiger charge is 2.35. The molecule has 0 fully saturated rings. The highest BCUT2D eigenvalue weighted by atomic mass is 35.5. The predicted octanol–water partition coefficient (Wildman–Crippen LogP) is 6.87. The van der Waals surface area contributed by atoms with E-state index >= 15 is 0 Å². The Morgan fingerprint density at radius 3 is 1.79 bits per heavy atom. The van der Waals surface area contributed by atoms with Gasteiger partial charge in [0.15, 0.2) is 23.0 Å². The lowest BCUT2D eigenvalue weighted by Gasteiger charge is -2.17. The summed E-state index contributed by atoms with van der Waals surface area (Å²) in [6, 6.07) is 0. The number of hydrogen-bond acceptors (Lipinski definition) is 8. The smallest absolute Gasteiger partial charge is 0.347 e. The SMILES string of the molecule is COC(=O)c1c(C)c2c(c(C)c1O)OC(=O)c1c(C)c(Cl)c(O)c(Cl)c1O2.Cl.ClCCN(CCCl)CCCl. The zero-order chi connectivity index (χ0) is 28.0. The summed E-state index contributed by atoms with van der Waals surface area (Å²) < 4.78 is 15.9. The number of fused-ring (bicyclic) bond motifs is 2. The first kappa shape index (κ1) is 34.5. The summed E-state index contributed by atoms with van der Waals surface area (Å²) in [5, 5.41) is 20.1. The van der Waals surface area contributed by atoms with Gasteiger partial charge in [-0.05, 0) is 26.3 Å². The Bertz CT molecular complexity index is 1180. The van der Waals surface area contributed by atoms with Crippen molar-refractivity contribution >= 4 is 82.4 Å². The molecular formula is C24H27Cl6NO7. The molecular weight excluding hydrogens is 627 g/mol. The largest absolute Gasteiger partial charge is 0.507 e. The van der Waals surface area contributed by atoms with Gasteiger partial charge in [-0.3, -0.25) is 4.90 Å². The van der Waals surface area contributed by atoms with Gasteiger partial charge in [0.2, 0.25) is 0 Å². The third-order valence-electron chi connectivity index (χ3n) is 5.60. The van der Waals surface area contributed by atoms with Crippen LogP contribution < -0.4 is 9.47 Å². The van der Waals surface area contributed by atoms with Gasteiger partial charge in [-0.25, -0.2) is 9.59 Å². The van der Waals surface area contributed by atoms with Crippen LogP contribution in [0.1, 0.15) is 37.4 Å². The van der Waals surface area contributed by atoms with E-state index < -0.39 is 23.4 Å². The van der Waals surface area contributed by atoms with E-state index in [2.05, 4.69) is 4.90 Å². The number of halogens is 6. The van der Waals surface area contributed by atoms with Gasteiger partial charge in [0.05, 0.1) is 12.1 Å². The van der Waals surface area contributed by atoms with Gasteiger partial charge in [0, 0.05) is 48.4 Å². The summed E-state index contributed by atoms with van der Waals surface area (Å²) in [6.07, 6.45) is 0. The number of rotatable bonds is 7. The molecule has 0 bridgehead atoms. The molecule has 212 valence electrons. The number of alkyl halides is 3. The number of nitrogens with zero attached hydrogens (tertiary/aromatic N) is 1. The Morgan fingerprint density at radius 2 is 1.32 bits per heavy atom. The number of benzene rings is 2. The van der Waals surface area contributed by atoms with Crippen LogP contribution in [0.2, 0.25) is 10.0 Å². The number of carbonyl (C=O) groups excluding carboxylic acids is 2. The van der Waals surface area contributed by atoms with Gasteiger partial charge in [0.1, 0.15) is 21.9 Å². The van der Waals surface area contributed by atoms with Gasteiger partial charge < -0.3 is 24.4 Å². The molecule has 14 heteroatoms. The van der Waals surface area contributed by atoms with Crippen LogP contribution in [0, 0.1) is 20.8 Å². The predicted molar refractivity (Wildman–Crippen MR) is 153 cm³/mol. The summed E-state index contributed by atoms with van der Waals surface area (Å²) in [5.74, 6) is -0.796. The number of methoxy groups -OCH3 is 1. The molecule has 0 atom stereocenters. The lowest BCUT2D eigenvalue weighted by atomic mass is 10.0. The highest BCUT2D eigenvalue weighted by Crippen LogP contribution is 2.52. The summed E-state index contributed by atoms with van der Waals surface area (Å²) in [5.41, 5.74) is 0.264. The Balaban J connectivity index is 0.000000562. The summed E-state index contributed by atoms with van der Waals surface area (Å²) in [7, 11) is 1.17. The average molecular weight is 654 g/mol. The van der Waals surface area contributed by atoms with Crippen molar-refractivity contribution in [3.05, 3.63) is 37.9 Å². The third-order valence-corrected chi connectivity index (χ3v) is 6.92. The molecule has 0 radical (unpaired) electrons. The summed E-state index contributed by atoms with van der Waals surface area (Å²) >= 11 is 28.8. The van der Waals surface area contributed by atoms with E-state index in [-0.39, 0.29) is 67.5 Å². The van der Waals surface area contributed by atoms with E-state index in [0.717, 1.165) is 19.6 Å². The first-order valence-corrected chi connectivity index (χ1v) is 13.3. The number of aromatic hydroxyl groups is 2. The van der Waals surface area contributed by atoms with Gasteiger partial charge in [0.25, 0.3) is 0 Å². The van der Waals surface area contributed by atoms with E-state index in [1.165, 1.54) is 27.9 Å². The van der Waals surface area contributed by atoms with Crippen molar-refractivity contribution in [2.75, 3.05) is 44.4 Å². The van der Waals surface area contributed by atoms with Crippen LogP contribution in [0.5, 0.6) is 28.7 Å². The summed E-state index contributed by atoms with van der Waals surface area (Å²) in [6.45, 7) is 7.06. The molecule has 3 rings (SSSR count). The van der Waals surface area contributed by atoms with Crippen LogP contribution in [0.15, 0.2) is 0 Å². The number of hydrogen-bond donors (Lipinski definition) is 2. The second-order valence-electron chi connectivity index (χ2n) is 7.83. The normalized spacial score (nSPS) is 11.7. The minimum atomic E-state index is -0.835. The van der Waals surface area contributed by atoms with Crippen LogP contribution in [0.3, 0.4) is 0 Å². The number of phenols is 2. The molecule has 0 aliphatic carbocycles. The Morgan fingerprint density at radius 1 is 0.816 bits per heavy atom. The molecule has 38 heavy (non-hydrogen) atoms. The zero-order valence-corrected chi connectivity index (χ0v) is 25.5. The lowest BCUT2D eigenvalue weighted by molar-refractivity contribution is 0.0596. The van der Waals surface area contributed by atoms with Crippen LogP contribution in [0.25, 0.3) is 0 Å². The third kappa shape index (κ3) is 7.16. The molecule has 8 nitrogen and oxygen atoms in total. The number of carbonyl (C=O) groups is 2.